The van der Waals surface area contributed by atoms with Gasteiger partial charge >= 0.3 is 6.18 Å². The number of fused-ring (bicyclic) bond motifs is 2. The molecule has 4 heterocycles. The number of alkyl halides is 3. The Labute approximate surface area is 175 Å². The number of nitrogens with zero attached hydrogens (tertiary/aromatic N) is 2. The first-order chi connectivity index (χ1) is 15.0. The summed E-state index contributed by atoms with van der Waals surface area (Å²) in [6.45, 7) is 2.28. The molecule has 31 heavy (non-hydrogen) atoms. The van der Waals surface area contributed by atoms with Gasteiger partial charge in [0.1, 0.15) is 29.5 Å². The van der Waals surface area contributed by atoms with Crippen LogP contribution in [0.1, 0.15) is 17.2 Å². The Balaban J connectivity index is 1.46. The number of aromatic amines is 2. The van der Waals surface area contributed by atoms with Crippen molar-refractivity contribution >= 4 is 23.1 Å². The summed E-state index contributed by atoms with van der Waals surface area (Å²) in [6, 6.07) is 8.62. The van der Waals surface area contributed by atoms with Crippen LogP contribution in [0, 0.1) is 5.92 Å². The van der Waals surface area contributed by atoms with Crippen LogP contribution < -0.4 is 9.72 Å². The molecule has 2 atom stereocenters. The van der Waals surface area contributed by atoms with E-state index in [1.165, 1.54) is 6.33 Å². The molecular weight excluding hydrogens is 413 g/mol. The zero-order chi connectivity index (χ0) is 21.4. The van der Waals surface area contributed by atoms with Gasteiger partial charge in [-0.1, -0.05) is 23.2 Å². The molecule has 162 valence electrons. The quantitative estimate of drug-likeness (QED) is 0.626. The fourth-order valence-electron chi connectivity index (χ4n) is 3.71. The Morgan fingerprint density at radius 3 is 2.87 bits per heavy atom. The largest absolute Gasteiger partial charge is 0.491 e. The lowest BCUT2D eigenvalue weighted by Gasteiger charge is -2.33. The van der Waals surface area contributed by atoms with Gasteiger partial charge in [-0.25, -0.2) is 4.98 Å². The van der Waals surface area contributed by atoms with E-state index in [1.807, 2.05) is 24.3 Å². The Bertz CT molecular complexity index is 1110. The van der Waals surface area contributed by atoms with Crippen LogP contribution in [-0.4, -0.2) is 48.7 Å². The fraction of sp³-hybridized carbons (Fsp3) is 0.381. The van der Waals surface area contributed by atoms with E-state index in [4.69, 9.17) is 14.2 Å². The van der Waals surface area contributed by atoms with E-state index in [0.29, 0.717) is 32.3 Å². The van der Waals surface area contributed by atoms with Gasteiger partial charge in [0.05, 0.1) is 32.0 Å². The summed E-state index contributed by atoms with van der Waals surface area (Å²) in [5.41, 5.74) is 0.164. The molecule has 0 spiro atoms. The van der Waals surface area contributed by atoms with Crippen molar-refractivity contribution in [3.8, 4) is 5.75 Å². The molecule has 0 bridgehead atoms. The molecule has 2 aromatic heterocycles. The van der Waals surface area contributed by atoms with Gasteiger partial charge in [0, 0.05) is 11.5 Å². The van der Waals surface area contributed by atoms with Gasteiger partial charge in [0.25, 0.3) is 5.82 Å². The summed E-state index contributed by atoms with van der Waals surface area (Å²) in [6.07, 6.45) is -1.75. The third kappa shape index (κ3) is 4.00. The number of aliphatic imine (C=N–C) groups is 1. The van der Waals surface area contributed by atoms with Gasteiger partial charge in [0.15, 0.2) is 0 Å². The lowest BCUT2D eigenvalue weighted by atomic mass is 9.91. The molecule has 1 saturated heterocycles. The zero-order valence-corrected chi connectivity index (χ0v) is 16.4. The van der Waals surface area contributed by atoms with Crippen molar-refractivity contribution < 1.29 is 32.4 Å². The van der Waals surface area contributed by atoms with Crippen molar-refractivity contribution in [1.82, 2.24) is 9.97 Å². The Hall–Kier alpha value is -2.98. The van der Waals surface area contributed by atoms with Crippen LogP contribution in [-0.2, 0) is 15.7 Å². The second kappa shape index (κ2) is 7.93. The van der Waals surface area contributed by atoms with E-state index in [1.54, 1.807) is 6.21 Å². The van der Waals surface area contributed by atoms with Crippen LogP contribution in [0.25, 0.3) is 11.0 Å². The average Bonchev–Trinajstić information content (AvgIpc) is 3.17. The van der Waals surface area contributed by atoms with Crippen molar-refractivity contribution in [1.29, 1.82) is 0 Å². The summed E-state index contributed by atoms with van der Waals surface area (Å²) in [5.74, 6) is 1.18. The number of aromatic nitrogens is 3. The first-order valence-corrected chi connectivity index (χ1v) is 9.91. The molecule has 3 aromatic rings. The molecular formula is C21H20F3N4O3+. The van der Waals surface area contributed by atoms with Crippen LogP contribution >= 0.6 is 0 Å². The van der Waals surface area contributed by atoms with Crippen molar-refractivity contribution in [2.75, 3.05) is 26.4 Å². The highest BCUT2D eigenvalue weighted by molar-refractivity contribution is 5.87. The molecule has 2 aliphatic rings. The number of hydrogen-bond acceptors (Lipinski definition) is 5. The van der Waals surface area contributed by atoms with E-state index in [2.05, 4.69) is 19.9 Å². The number of nitrogens with one attached hydrogen (secondary N) is 2. The first-order valence-electron chi connectivity index (χ1n) is 9.91. The highest BCUT2D eigenvalue weighted by atomic mass is 19.4. The van der Waals surface area contributed by atoms with Crippen molar-refractivity contribution in [2.24, 2.45) is 10.9 Å². The summed E-state index contributed by atoms with van der Waals surface area (Å²) in [4.78, 5) is 13.6. The van der Waals surface area contributed by atoms with Gasteiger partial charge in [-0.15, -0.1) is 4.99 Å². The molecule has 1 fully saturated rings. The van der Waals surface area contributed by atoms with E-state index >= 15 is 0 Å². The highest BCUT2D eigenvalue weighted by Gasteiger charge is 2.35. The van der Waals surface area contributed by atoms with Crippen LogP contribution in [0.5, 0.6) is 5.75 Å². The highest BCUT2D eigenvalue weighted by Crippen LogP contribution is 2.36. The van der Waals surface area contributed by atoms with Crippen LogP contribution in [0.2, 0.25) is 0 Å². The molecule has 5 rings (SSSR count). The number of benzene rings is 1. The summed E-state index contributed by atoms with van der Waals surface area (Å²) in [7, 11) is 0. The Morgan fingerprint density at radius 2 is 2.10 bits per heavy atom. The monoisotopic (exact) mass is 433 g/mol. The molecule has 0 aliphatic carbocycles. The van der Waals surface area contributed by atoms with E-state index in [9.17, 15) is 13.2 Å². The lowest BCUT2D eigenvalue weighted by Crippen LogP contribution is -2.39. The van der Waals surface area contributed by atoms with E-state index in [0.717, 1.165) is 17.4 Å². The lowest BCUT2D eigenvalue weighted by molar-refractivity contribution is -0.365. The van der Waals surface area contributed by atoms with Gasteiger partial charge < -0.3 is 19.2 Å². The standard InChI is InChI=1S/C21H19F3N4O3/c22-21(23,24)18-5-14-19(26-11-27-20(14)28-18)25-6-15-13-3-1-2-4-16(13)31-10-17(15)30-9-12-7-29-8-12/h1-6,11-12,15,17H,7-10H2,(H,26,27,28)/p+1/b25-6+/t15?,17-/m0/s1. The number of halogens is 3. The third-order valence-corrected chi connectivity index (χ3v) is 5.45. The van der Waals surface area contributed by atoms with Gasteiger partial charge in [-0.05, 0) is 12.1 Å². The zero-order valence-electron chi connectivity index (χ0n) is 16.4. The second-order valence-corrected chi connectivity index (χ2v) is 7.62. The maximum absolute atomic E-state index is 13.1. The van der Waals surface area contributed by atoms with Crippen LogP contribution in [0.15, 0.2) is 41.7 Å². The summed E-state index contributed by atoms with van der Waals surface area (Å²) in [5, 5.41) is 0.260. The molecule has 7 nitrogen and oxygen atoms in total. The number of ether oxygens (including phenoxy) is 3. The molecule has 2 aliphatic heterocycles. The SMILES string of the molecule is FC(F)(F)c1cc2c(/N=C/C3c4ccccc4OC[C@@H]3OCC3COC3)[nH+]cnc2[nH]1. The molecule has 0 radical (unpaired) electrons. The fourth-order valence-corrected chi connectivity index (χ4v) is 3.71. The summed E-state index contributed by atoms with van der Waals surface area (Å²) >= 11 is 0. The normalized spacial score (nSPS) is 21.8. The van der Waals surface area contributed by atoms with Crippen molar-refractivity contribution in [2.45, 2.75) is 18.2 Å². The van der Waals surface area contributed by atoms with Gasteiger partial charge in [-0.3, -0.25) is 0 Å². The summed E-state index contributed by atoms with van der Waals surface area (Å²) < 4.78 is 56.4. The number of rotatable bonds is 5. The minimum Gasteiger partial charge on any atom is -0.491 e. The van der Waals surface area contributed by atoms with Gasteiger partial charge in [0.2, 0.25) is 12.0 Å². The maximum atomic E-state index is 13.1. The van der Waals surface area contributed by atoms with Crippen LogP contribution in [0.4, 0.5) is 19.0 Å². The number of hydrogen-bond donors (Lipinski definition) is 1. The Morgan fingerprint density at radius 1 is 1.26 bits per heavy atom. The van der Waals surface area contributed by atoms with Crippen molar-refractivity contribution in [3.63, 3.8) is 0 Å². The maximum Gasteiger partial charge on any atom is 0.431 e. The van der Waals surface area contributed by atoms with E-state index < -0.39 is 11.9 Å². The molecule has 2 N–H and O–H groups in total. The number of H-pyrrole nitrogens is 2. The molecule has 0 saturated carbocycles. The minimum absolute atomic E-state index is 0.114. The molecule has 0 amide bonds. The molecule has 1 aromatic carbocycles. The van der Waals surface area contributed by atoms with Crippen LogP contribution in [0.3, 0.4) is 0 Å². The van der Waals surface area contributed by atoms with Crippen molar-refractivity contribution in [3.05, 3.63) is 47.9 Å². The average molecular weight is 433 g/mol. The molecule has 10 heteroatoms. The Kier molecular flexibility index (Phi) is 5.11. The van der Waals surface area contributed by atoms with Gasteiger partial charge in [-0.2, -0.15) is 13.2 Å². The smallest absolute Gasteiger partial charge is 0.431 e. The first kappa shape index (κ1) is 20.0. The number of para-hydroxylation sites is 1. The predicted molar refractivity (Wildman–Crippen MR) is 105 cm³/mol. The molecule has 1 unspecified atom stereocenters. The van der Waals surface area contributed by atoms with E-state index in [-0.39, 0.29) is 28.9 Å². The third-order valence-electron chi connectivity index (χ3n) is 5.45. The minimum atomic E-state index is -4.49. The topological polar surface area (TPSA) is 82.9 Å². The predicted octanol–water partition coefficient (Wildman–Crippen LogP) is 3.31. The second-order valence-electron chi connectivity index (χ2n) is 7.62.